The maximum Gasteiger partial charge on any atom is 0.307 e. The first-order chi connectivity index (χ1) is 10.0. The molecule has 116 valence electrons. The summed E-state index contributed by atoms with van der Waals surface area (Å²) >= 11 is 0. The van der Waals surface area contributed by atoms with Gasteiger partial charge in [-0.15, -0.1) is 0 Å². The molecule has 1 fully saturated rings. The molecule has 1 saturated carbocycles. The van der Waals surface area contributed by atoms with Crippen LogP contribution in [0.5, 0.6) is 0 Å². The highest BCUT2D eigenvalue weighted by molar-refractivity contribution is 5.89. The van der Waals surface area contributed by atoms with Crippen LogP contribution in [0.15, 0.2) is 12.2 Å². The average Bonchev–Trinajstić information content (AvgIpc) is 3.05. The Bertz CT molecular complexity index is 462. The highest BCUT2D eigenvalue weighted by Gasteiger charge is 2.51. The summed E-state index contributed by atoms with van der Waals surface area (Å²) in [5.74, 6) is -2.99. The standard InChI is InChI=1S/C14H20N2O5/c1-21-5-4-15-10(17)7-16-13(18)11-8-2-3-9(6-8)12(11)14(19)20/h2-3,8-9,11-12H,4-7H2,1H3,(H,15,17)(H,16,18)(H,19,20)/t8?,9?,11-,12+/m0/s1. The molecule has 0 aromatic rings. The zero-order valence-electron chi connectivity index (χ0n) is 11.9. The molecule has 2 amide bonds. The van der Waals surface area contributed by atoms with Crippen LogP contribution >= 0.6 is 0 Å². The third-order valence-corrected chi connectivity index (χ3v) is 4.10. The number of carbonyl (C=O) groups excluding carboxylic acids is 2. The zero-order valence-corrected chi connectivity index (χ0v) is 11.9. The van der Waals surface area contributed by atoms with Crippen molar-refractivity contribution in [1.29, 1.82) is 0 Å². The van der Waals surface area contributed by atoms with Gasteiger partial charge in [0.15, 0.2) is 0 Å². The number of methoxy groups -OCH3 is 1. The van der Waals surface area contributed by atoms with Crippen LogP contribution in [0.4, 0.5) is 0 Å². The van der Waals surface area contributed by atoms with Crippen molar-refractivity contribution in [3.63, 3.8) is 0 Å². The average molecular weight is 296 g/mol. The van der Waals surface area contributed by atoms with Gasteiger partial charge in [0, 0.05) is 13.7 Å². The predicted octanol–water partition coefficient (Wildman–Crippen LogP) is -0.612. The van der Waals surface area contributed by atoms with Crippen molar-refractivity contribution >= 4 is 17.8 Å². The van der Waals surface area contributed by atoms with Gasteiger partial charge in [0.1, 0.15) is 0 Å². The van der Waals surface area contributed by atoms with Crippen molar-refractivity contribution in [1.82, 2.24) is 10.6 Å². The Morgan fingerprint density at radius 2 is 1.86 bits per heavy atom. The molecule has 2 aliphatic rings. The second kappa shape index (κ2) is 6.71. The number of fused-ring (bicyclic) bond motifs is 2. The maximum atomic E-state index is 12.2. The molecule has 0 heterocycles. The van der Waals surface area contributed by atoms with Gasteiger partial charge in [0.05, 0.1) is 25.0 Å². The van der Waals surface area contributed by atoms with Crippen LogP contribution < -0.4 is 10.6 Å². The molecule has 4 atom stereocenters. The van der Waals surface area contributed by atoms with Gasteiger partial charge in [0.25, 0.3) is 0 Å². The van der Waals surface area contributed by atoms with Crippen molar-refractivity contribution in [3.8, 4) is 0 Å². The van der Waals surface area contributed by atoms with Crippen LogP contribution in [0.3, 0.4) is 0 Å². The lowest BCUT2D eigenvalue weighted by molar-refractivity contribution is -0.147. The summed E-state index contributed by atoms with van der Waals surface area (Å²) < 4.78 is 4.80. The summed E-state index contributed by atoms with van der Waals surface area (Å²) in [6.45, 7) is 0.629. The number of aliphatic carboxylic acids is 1. The van der Waals surface area contributed by atoms with Gasteiger partial charge >= 0.3 is 5.97 Å². The summed E-state index contributed by atoms with van der Waals surface area (Å²) in [6, 6.07) is 0. The Labute approximate surface area is 122 Å². The molecule has 0 saturated heterocycles. The van der Waals surface area contributed by atoms with E-state index in [2.05, 4.69) is 10.6 Å². The normalized spacial score (nSPS) is 29.4. The lowest BCUT2D eigenvalue weighted by Gasteiger charge is -2.23. The molecule has 0 radical (unpaired) electrons. The Morgan fingerprint density at radius 3 is 2.48 bits per heavy atom. The van der Waals surface area contributed by atoms with E-state index in [1.165, 1.54) is 7.11 Å². The minimum absolute atomic E-state index is 0.0346. The number of hydrogen-bond donors (Lipinski definition) is 3. The number of amides is 2. The fourth-order valence-corrected chi connectivity index (χ4v) is 3.16. The van der Waals surface area contributed by atoms with E-state index < -0.39 is 17.8 Å². The number of nitrogens with one attached hydrogen (secondary N) is 2. The molecule has 2 rings (SSSR count). The molecule has 2 unspecified atom stereocenters. The van der Waals surface area contributed by atoms with Crippen LogP contribution in [-0.2, 0) is 19.1 Å². The van der Waals surface area contributed by atoms with Gasteiger partial charge in [-0.2, -0.15) is 0 Å². The molecule has 0 aromatic heterocycles. The number of hydrogen-bond acceptors (Lipinski definition) is 4. The first kappa shape index (κ1) is 15.5. The third-order valence-electron chi connectivity index (χ3n) is 4.10. The van der Waals surface area contributed by atoms with Crippen LogP contribution in [0.1, 0.15) is 6.42 Å². The molecule has 3 N–H and O–H groups in total. The van der Waals surface area contributed by atoms with E-state index in [0.29, 0.717) is 19.6 Å². The van der Waals surface area contributed by atoms with Crippen molar-refractivity contribution < 1.29 is 24.2 Å². The summed E-state index contributed by atoms with van der Waals surface area (Å²) in [5.41, 5.74) is 0. The van der Waals surface area contributed by atoms with Gasteiger partial charge < -0.3 is 20.5 Å². The van der Waals surface area contributed by atoms with E-state index in [1.807, 2.05) is 12.2 Å². The Hall–Kier alpha value is -1.89. The quantitative estimate of drug-likeness (QED) is 0.429. The summed E-state index contributed by atoms with van der Waals surface area (Å²) in [6.07, 6.45) is 4.49. The number of carboxylic acid groups (broad SMARTS) is 1. The van der Waals surface area contributed by atoms with E-state index in [0.717, 1.165) is 0 Å². The molecule has 7 nitrogen and oxygen atoms in total. The second-order valence-corrected chi connectivity index (χ2v) is 5.40. The van der Waals surface area contributed by atoms with Crippen molar-refractivity contribution in [2.45, 2.75) is 6.42 Å². The minimum atomic E-state index is -0.948. The summed E-state index contributed by atoms with van der Waals surface area (Å²) in [4.78, 5) is 35.0. The van der Waals surface area contributed by atoms with Crippen LogP contribution in [0.2, 0.25) is 0 Å². The Kier molecular flexibility index (Phi) is 4.95. The number of carboxylic acids is 1. The SMILES string of the molecule is COCCNC(=O)CNC(=O)[C@H]1C2C=CC(C2)[C@H]1C(=O)O. The molecule has 0 spiro atoms. The maximum absolute atomic E-state index is 12.2. The van der Waals surface area contributed by atoms with E-state index in [4.69, 9.17) is 4.74 Å². The summed E-state index contributed by atoms with van der Waals surface area (Å²) in [7, 11) is 1.53. The van der Waals surface area contributed by atoms with Gasteiger partial charge in [-0.25, -0.2) is 0 Å². The topological polar surface area (TPSA) is 105 Å². The number of allylic oxidation sites excluding steroid dienone is 2. The number of rotatable bonds is 7. The Morgan fingerprint density at radius 1 is 1.19 bits per heavy atom. The van der Waals surface area contributed by atoms with E-state index in [-0.39, 0.29) is 30.2 Å². The fraction of sp³-hybridized carbons (Fsp3) is 0.643. The van der Waals surface area contributed by atoms with Crippen LogP contribution in [0.25, 0.3) is 0 Å². The second-order valence-electron chi connectivity index (χ2n) is 5.40. The molecule has 7 heteroatoms. The van der Waals surface area contributed by atoms with E-state index in [9.17, 15) is 19.5 Å². The monoisotopic (exact) mass is 296 g/mol. The van der Waals surface area contributed by atoms with Crippen LogP contribution in [-0.4, -0.2) is 49.7 Å². The van der Waals surface area contributed by atoms with Gasteiger partial charge in [-0.3, -0.25) is 14.4 Å². The smallest absolute Gasteiger partial charge is 0.307 e. The molecule has 21 heavy (non-hydrogen) atoms. The highest BCUT2D eigenvalue weighted by Crippen LogP contribution is 2.48. The predicted molar refractivity (Wildman–Crippen MR) is 73.2 cm³/mol. The lowest BCUT2D eigenvalue weighted by atomic mass is 9.82. The third kappa shape index (κ3) is 3.41. The molecular weight excluding hydrogens is 276 g/mol. The molecular formula is C14H20N2O5. The molecule has 2 aliphatic carbocycles. The lowest BCUT2D eigenvalue weighted by Crippen LogP contribution is -2.44. The minimum Gasteiger partial charge on any atom is -0.481 e. The molecule has 0 aliphatic heterocycles. The first-order valence-corrected chi connectivity index (χ1v) is 6.99. The van der Waals surface area contributed by atoms with Crippen molar-refractivity contribution in [3.05, 3.63) is 12.2 Å². The Balaban J connectivity index is 1.84. The molecule has 2 bridgehead atoms. The van der Waals surface area contributed by atoms with E-state index >= 15 is 0 Å². The number of carbonyl (C=O) groups is 3. The first-order valence-electron chi connectivity index (χ1n) is 6.99. The van der Waals surface area contributed by atoms with Gasteiger partial charge in [0.2, 0.25) is 11.8 Å². The van der Waals surface area contributed by atoms with Gasteiger partial charge in [-0.05, 0) is 18.3 Å². The zero-order chi connectivity index (χ0) is 15.4. The molecule has 0 aromatic carbocycles. The largest absolute Gasteiger partial charge is 0.481 e. The number of ether oxygens (including phenoxy) is 1. The van der Waals surface area contributed by atoms with Crippen molar-refractivity contribution in [2.24, 2.45) is 23.7 Å². The van der Waals surface area contributed by atoms with E-state index in [1.54, 1.807) is 0 Å². The highest BCUT2D eigenvalue weighted by atomic mass is 16.5. The van der Waals surface area contributed by atoms with Gasteiger partial charge in [-0.1, -0.05) is 12.2 Å². The van der Waals surface area contributed by atoms with Crippen LogP contribution in [0, 0.1) is 23.7 Å². The summed E-state index contributed by atoms with van der Waals surface area (Å²) in [5, 5.41) is 14.4. The fourth-order valence-electron chi connectivity index (χ4n) is 3.16. The van der Waals surface area contributed by atoms with Crippen molar-refractivity contribution in [2.75, 3.05) is 26.8 Å².